The first-order chi connectivity index (χ1) is 10.1. The summed E-state index contributed by atoms with van der Waals surface area (Å²) in [7, 11) is 1.56. The Bertz CT molecular complexity index is 499. The number of nitrogens with one attached hydrogen (secondary N) is 1. The average Bonchev–Trinajstić information content (AvgIpc) is 3.25. The molecule has 1 aromatic rings. The molecule has 1 amide bonds. The molecule has 2 rings (SSSR count). The molecule has 1 fully saturated rings. The number of hydrogen-bond acceptors (Lipinski definition) is 4. The van der Waals surface area contributed by atoms with Gasteiger partial charge in [0, 0.05) is 19.6 Å². The molecule has 0 aliphatic heterocycles. The first-order valence-corrected chi connectivity index (χ1v) is 6.83. The Morgan fingerprint density at radius 3 is 2.67 bits per heavy atom. The van der Waals surface area contributed by atoms with Crippen molar-refractivity contribution in [3.63, 3.8) is 0 Å². The van der Waals surface area contributed by atoms with E-state index in [1.165, 1.54) is 0 Å². The summed E-state index contributed by atoms with van der Waals surface area (Å²) >= 11 is 0. The molecule has 0 radical (unpaired) electrons. The Hall–Kier alpha value is -2.08. The van der Waals surface area contributed by atoms with Crippen LogP contribution in [-0.2, 0) is 14.3 Å². The van der Waals surface area contributed by atoms with E-state index >= 15 is 0 Å². The molecule has 0 bridgehead atoms. The monoisotopic (exact) mass is 293 g/mol. The molecule has 0 saturated heterocycles. The van der Waals surface area contributed by atoms with Crippen LogP contribution in [0.3, 0.4) is 0 Å². The molecule has 0 heterocycles. The number of amides is 1. The van der Waals surface area contributed by atoms with Crippen LogP contribution in [0.5, 0.6) is 5.75 Å². The van der Waals surface area contributed by atoms with Gasteiger partial charge in [0.05, 0.1) is 6.42 Å². The van der Waals surface area contributed by atoms with Crippen molar-refractivity contribution in [2.45, 2.75) is 18.8 Å². The van der Waals surface area contributed by atoms with Gasteiger partial charge in [-0.3, -0.25) is 9.59 Å². The van der Waals surface area contributed by atoms with Gasteiger partial charge < -0.3 is 19.9 Å². The van der Waals surface area contributed by atoms with Crippen LogP contribution in [-0.4, -0.2) is 37.4 Å². The van der Waals surface area contributed by atoms with Gasteiger partial charge in [0.2, 0.25) is 5.91 Å². The van der Waals surface area contributed by atoms with E-state index in [0.29, 0.717) is 0 Å². The van der Waals surface area contributed by atoms with Gasteiger partial charge in [-0.1, -0.05) is 12.1 Å². The zero-order valence-electron chi connectivity index (χ0n) is 11.9. The second kappa shape index (κ2) is 7.08. The Kier molecular flexibility index (Phi) is 5.16. The number of ether oxygens (including phenoxy) is 2. The second-order valence-electron chi connectivity index (χ2n) is 5.00. The van der Waals surface area contributed by atoms with Gasteiger partial charge in [-0.2, -0.15) is 0 Å². The number of carboxylic acids is 1. The third-order valence-electron chi connectivity index (χ3n) is 3.42. The Morgan fingerprint density at radius 1 is 1.33 bits per heavy atom. The Balaban J connectivity index is 1.79. The second-order valence-corrected chi connectivity index (χ2v) is 5.00. The van der Waals surface area contributed by atoms with Crippen molar-refractivity contribution in [2.75, 3.05) is 20.4 Å². The molecular formula is C15H19NO5. The van der Waals surface area contributed by atoms with Crippen molar-refractivity contribution in [3.05, 3.63) is 29.8 Å². The summed E-state index contributed by atoms with van der Waals surface area (Å²) in [6.45, 7) is 0.387. The van der Waals surface area contributed by atoms with Gasteiger partial charge in [0.25, 0.3) is 0 Å². The van der Waals surface area contributed by atoms with E-state index in [2.05, 4.69) is 5.32 Å². The fraction of sp³-hybridized carbons (Fsp3) is 0.467. The van der Waals surface area contributed by atoms with Gasteiger partial charge in [-0.25, -0.2) is 0 Å². The third kappa shape index (κ3) is 4.46. The maximum Gasteiger partial charge on any atom is 0.305 e. The van der Waals surface area contributed by atoms with Gasteiger partial charge in [0.1, 0.15) is 5.75 Å². The normalized spacial score (nSPS) is 19.9. The lowest BCUT2D eigenvalue weighted by Gasteiger charge is -2.06. The number of carbonyl (C=O) groups excluding carboxylic acids is 1. The summed E-state index contributed by atoms with van der Waals surface area (Å²) in [5, 5.41) is 11.2. The highest BCUT2D eigenvalue weighted by Gasteiger charge is 2.43. The van der Waals surface area contributed by atoms with Gasteiger partial charge in [0.15, 0.2) is 6.79 Å². The summed E-state index contributed by atoms with van der Waals surface area (Å²) in [5.41, 5.74) is 1.10. The highest BCUT2D eigenvalue weighted by Crippen LogP contribution is 2.47. The highest BCUT2D eigenvalue weighted by molar-refractivity contribution is 5.83. The minimum absolute atomic E-state index is 0.0470. The fourth-order valence-corrected chi connectivity index (χ4v) is 2.22. The van der Waals surface area contributed by atoms with Crippen LogP contribution in [0.2, 0.25) is 0 Å². The Labute approximate surface area is 123 Å². The van der Waals surface area contributed by atoms with Crippen molar-refractivity contribution in [3.8, 4) is 5.75 Å². The van der Waals surface area contributed by atoms with Gasteiger partial charge in [-0.05, 0) is 30.0 Å². The number of carbonyl (C=O) groups is 2. The van der Waals surface area contributed by atoms with Crippen LogP contribution in [0.1, 0.15) is 24.3 Å². The molecule has 2 N–H and O–H groups in total. The maximum atomic E-state index is 11.8. The summed E-state index contributed by atoms with van der Waals surface area (Å²) in [6, 6.07) is 7.60. The molecule has 6 heteroatoms. The van der Waals surface area contributed by atoms with Crippen molar-refractivity contribution in [2.24, 2.45) is 5.92 Å². The smallest absolute Gasteiger partial charge is 0.305 e. The van der Waals surface area contributed by atoms with E-state index < -0.39 is 5.97 Å². The third-order valence-corrected chi connectivity index (χ3v) is 3.42. The first-order valence-electron chi connectivity index (χ1n) is 6.83. The molecule has 0 aromatic heterocycles. The van der Waals surface area contributed by atoms with Crippen LogP contribution in [0.4, 0.5) is 0 Å². The van der Waals surface area contributed by atoms with Crippen molar-refractivity contribution in [1.82, 2.24) is 5.32 Å². The van der Waals surface area contributed by atoms with E-state index in [9.17, 15) is 9.59 Å². The molecule has 1 aliphatic carbocycles. The summed E-state index contributed by atoms with van der Waals surface area (Å²) in [6.07, 6.45) is 0.756. The molecule has 1 aromatic carbocycles. The number of benzene rings is 1. The minimum Gasteiger partial charge on any atom is -0.481 e. The lowest BCUT2D eigenvalue weighted by molar-refractivity contribution is -0.136. The maximum absolute atomic E-state index is 11.8. The summed E-state index contributed by atoms with van der Waals surface area (Å²) in [4.78, 5) is 22.2. The first kappa shape index (κ1) is 15.3. The fourth-order valence-electron chi connectivity index (χ4n) is 2.22. The summed E-state index contributed by atoms with van der Waals surface area (Å²) < 4.78 is 10.1. The van der Waals surface area contributed by atoms with Crippen LogP contribution in [0.15, 0.2) is 24.3 Å². The van der Waals surface area contributed by atoms with Gasteiger partial charge >= 0.3 is 5.97 Å². The number of aliphatic carboxylic acids is 1. The van der Waals surface area contributed by atoms with E-state index in [4.69, 9.17) is 14.6 Å². The van der Waals surface area contributed by atoms with E-state index in [0.717, 1.165) is 17.7 Å². The van der Waals surface area contributed by atoms with Gasteiger partial charge in [-0.15, -0.1) is 0 Å². The lowest BCUT2D eigenvalue weighted by atomic mass is 10.1. The van der Waals surface area contributed by atoms with Crippen molar-refractivity contribution in [1.29, 1.82) is 0 Å². The van der Waals surface area contributed by atoms with Crippen LogP contribution >= 0.6 is 0 Å². The van der Waals surface area contributed by atoms with Crippen LogP contribution < -0.4 is 10.1 Å². The molecule has 1 aliphatic rings. The standard InChI is InChI=1S/C15H19NO5/c1-20-9-21-11-4-2-10(3-5-11)12-8-13(12)15(19)16-7-6-14(17)18/h2-5,12-13H,6-9H2,1H3,(H,16,19)(H,17,18). The topological polar surface area (TPSA) is 84.9 Å². The molecule has 1 saturated carbocycles. The molecule has 0 spiro atoms. The predicted molar refractivity (Wildman–Crippen MR) is 75.1 cm³/mol. The number of hydrogen-bond donors (Lipinski definition) is 2. The number of rotatable bonds is 8. The molecule has 2 unspecified atom stereocenters. The Morgan fingerprint density at radius 2 is 2.05 bits per heavy atom. The zero-order valence-corrected chi connectivity index (χ0v) is 11.9. The number of carboxylic acid groups (broad SMARTS) is 1. The van der Waals surface area contributed by atoms with Crippen LogP contribution in [0, 0.1) is 5.92 Å². The SMILES string of the molecule is COCOc1ccc(C2CC2C(=O)NCCC(=O)O)cc1. The zero-order chi connectivity index (χ0) is 15.2. The van der Waals surface area contributed by atoms with Crippen LogP contribution in [0.25, 0.3) is 0 Å². The molecule has 6 nitrogen and oxygen atoms in total. The minimum atomic E-state index is -0.908. The van der Waals surface area contributed by atoms with E-state index in [-0.39, 0.29) is 37.5 Å². The largest absolute Gasteiger partial charge is 0.481 e. The molecule has 114 valence electrons. The van der Waals surface area contributed by atoms with Crippen molar-refractivity contribution < 1.29 is 24.2 Å². The highest BCUT2D eigenvalue weighted by atomic mass is 16.7. The molecular weight excluding hydrogens is 274 g/mol. The van der Waals surface area contributed by atoms with E-state index in [1.54, 1.807) is 7.11 Å². The predicted octanol–water partition coefficient (Wildman–Crippen LogP) is 1.36. The molecule has 21 heavy (non-hydrogen) atoms. The lowest BCUT2D eigenvalue weighted by Crippen LogP contribution is -2.27. The number of methoxy groups -OCH3 is 1. The van der Waals surface area contributed by atoms with Crippen molar-refractivity contribution >= 4 is 11.9 Å². The molecule has 2 atom stereocenters. The quantitative estimate of drug-likeness (QED) is 0.707. The summed E-state index contributed by atoms with van der Waals surface area (Å²) in [5.74, 6) is -0.0881. The van der Waals surface area contributed by atoms with E-state index in [1.807, 2.05) is 24.3 Å². The average molecular weight is 293 g/mol.